The molecule has 1 nitrogen and oxygen atoms in total. The first-order chi connectivity index (χ1) is 12.2. The molecular formula is C19H27GeN. The minimum absolute atomic E-state index is 0.0808. The fourth-order valence-corrected chi connectivity index (χ4v) is 5.16. The van der Waals surface area contributed by atoms with E-state index in [0.717, 1.165) is 4.40 Å². The molecule has 112 valence electrons. The molecular weight excluding hydrogens is 315 g/mol. The predicted octanol–water partition coefficient (Wildman–Crippen LogP) is 4.80. The van der Waals surface area contributed by atoms with Crippen LogP contribution in [0.2, 0.25) is 17.3 Å². The van der Waals surface area contributed by atoms with Crippen LogP contribution in [0.25, 0.3) is 11.3 Å². The Labute approximate surface area is 140 Å². The van der Waals surface area contributed by atoms with Gasteiger partial charge in [0.15, 0.2) is 0 Å². The van der Waals surface area contributed by atoms with Crippen molar-refractivity contribution in [2.24, 2.45) is 5.92 Å². The van der Waals surface area contributed by atoms with Gasteiger partial charge in [-0.15, -0.1) is 0 Å². The third-order valence-corrected chi connectivity index (χ3v) is 7.47. The number of benzene rings is 1. The Balaban J connectivity index is 2.67. The molecule has 0 unspecified atom stereocenters. The number of hydrogen-bond donors (Lipinski definition) is 0. The topological polar surface area (TPSA) is 12.9 Å². The third kappa shape index (κ3) is 4.19. The van der Waals surface area contributed by atoms with Crippen molar-refractivity contribution < 1.29 is 8.22 Å². The van der Waals surface area contributed by atoms with Crippen LogP contribution in [-0.4, -0.2) is 18.3 Å². The molecule has 21 heavy (non-hydrogen) atoms. The summed E-state index contributed by atoms with van der Waals surface area (Å²) in [5.74, 6) is 6.41. The molecule has 0 amide bonds. The first-order valence-corrected chi connectivity index (χ1v) is 14.6. The molecule has 1 aromatic heterocycles. The van der Waals surface area contributed by atoms with Crippen molar-refractivity contribution in [3.63, 3.8) is 0 Å². The van der Waals surface area contributed by atoms with Crippen molar-refractivity contribution in [1.82, 2.24) is 4.98 Å². The molecule has 0 saturated carbocycles. The van der Waals surface area contributed by atoms with E-state index < -0.39 is 26.5 Å². The molecule has 0 aliphatic rings. The van der Waals surface area contributed by atoms with Crippen LogP contribution in [0.3, 0.4) is 0 Å². The zero-order chi connectivity index (χ0) is 20.8. The van der Waals surface area contributed by atoms with Crippen molar-refractivity contribution >= 4 is 17.7 Å². The van der Waals surface area contributed by atoms with Gasteiger partial charge in [-0.3, -0.25) is 0 Å². The molecule has 1 heterocycles. The average molecular weight is 348 g/mol. The van der Waals surface area contributed by atoms with Gasteiger partial charge in [0.25, 0.3) is 0 Å². The Morgan fingerprint density at radius 3 is 2.62 bits per heavy atom. The van der Waals surface area contributed by atoms with E-state index in [0.29, 0.717) is 16.8 Å². The fourth-order valence-electron chi connectivity index (χ4n) is 2.21. The Bertz CT molecular complexity index is 837. The summed E-state index contributed by atoms with van der Waals surface area (Å²) < 4.78 is 49.0. The first-order valence-electron chi connectivity index (χ1n) is 10.3. The van der Waals surface area contributed by atoms with Gasteiger partial charge < -0.3 is 0 Å². The summed E-state index contributed by atoms with van der Waals surface area (Å²) in [7, 11) is 0. The molecule has 0 atom stereocenters. The van der Waals surface area contributed by atoms with Gasteiger partial charge in [0.1, 0.15) is 0 Å². The Morgan fingerprint density at radius 2 is 2.05 bits per heavy atom. The van der Waals surface area contributed by atoms with Crippen molar-refractivity contribution in [3.05, 3.63) is 47.6 Å². The standard InChI is InChI=1S/C19H27GeN/c1-14(2)11-17-12-19(16-9-7-15(3)8-10-16)21-13-18(17)20(4,5)6/h7-10,12-14H,11H2,1-6H3/i3D3,9D,11D2. The molecule has 0 spiro atoms. The number of aryl methyl sites for hydroxylation is 1. The van der Waals surface area contributed by atoms with E-state index in [1.807, 2.05) is 13.8 Å². The first kappa shape index (κ1) is 9.83. The van der Waals surface area contributed by atoms with Crippen molar-refractivity contribution in [2.75, 3.05) is 0 Å². The number of aromatic nitrogens is 1. The van der Waals surface area contributed by atoms with Gasteiger partial charge in [-0.05, 0) is 0 Å². The van der Waals surface area contributed by atoms with Gasteiger partial charge in [0, 0.05) is 0 Å². The van der Waals surface area contributed by atoms with Crippen LogP contribution < -0.4 is 4.40 Å². The molecule has 1 aromatic carbocycles. The van der Waals surface area contributed by atoms with E-state index in [1.54, 1.807) is 18.3 Å². The maximum atomic E-state index is 8.62. The van der Waals surface area contributed by atoms with Crippen LogP contribution >= 0.6 is 0 Å². The quantitative estimate of drug-likeness (QED) is 0.724. The van der Waals surface area contributed by atoms with Crippen molar-refractivity contribution in [3.8, 4) is 11.3 Å². The van der Waals surface area contributed by atoms with Gasteiger partial charge in [0.2, 0.25) is 0 Å². The Morgan fingerprint density at radius 1 is 1.29 bits per heavy atom. The molecule has 0 saturated heterocycles. The molecule has 0 aliphatic heterocycles. The summed E-state index contributed by atoms with van der Waals surface area (Å²) in [5, 5.41) is 0. The second-order valence-electron chi connectivity index (χ2n) is 6.66. The van der Waals surface area contributed by atoms with E-state index in [-0.39, 0.29) is 17.5 Å². The van der Waals surface area contributed by atoms with Gasteiger partial charge in [-0.25, -0.2) is 0 Å². The van der Waals surface area contributed by atoms with Crippen LogP contribution in [0.4, 0.5) is 0 Å². The number of nitrogens with zero attached hydrogens (tertiary/aromatic N) is 1. The van der Waals surface area contributed by atoms with E-state index in [2.05, 4.69) is 22.3 Å². The summed E-state index contributed by atoms with van der Waals surface area (Å²) in [5.41, 5.74) is 1.79. The summed E-state index contributed by atoms with van der Waals surface area (Å²) in [4.78, 5) is 4.52. The van der Waals surface area contributed by atoms with Crippen LogP contribution in [-0.2, 0) is 6.37 Å². The van der Waals surface area contributed by atoms with Gasteiger partial charge in [-0.2, -0.15) is 0 Å². The van der Waals surface area contributed by atoms with Gasteiger partial charge >= 0.3 is 140 Å². The Kier molecular flexibility index (Phi) is 2.97. The van der Waals surface area contributed by atoms with E-state index in [4.69, 9.17) is 8.22 Å². The minimum atomic E-state index is -2.37. The Hall–Kier alpha value is -1.09. The number of rotatable bonds is 4. The summed E-state index contributed by atoms with van der Waals surface area (Å²) >= 11 is -2.37. The monoisotopic (exact) mass is 349 g/mol. The van der Waals surface area contributed by atoms with Crippen LogP contribution in [0.1, 0.15) is 33.2 Å². The van der Waals surface area contributed by atoms with Gasteiger partial charge in [0.05, 0.1) is 0 Å². The molecule has 0 radical (unpaired) electrons. The fraction of sp³-hybridized carbons (Fsp3) is 0.421. The van der Waals surface area contributed by atoms with Gasteiger partial charge in [-0.1, -0.05) is 0 Å². The third-order valence-electron chi connectivity index (χ3n) is 3.24. The van der Waals surface area contributed by atoms with Crippen molar-refractivity contribution in [2.45, 2.75) is 44.3 Å². The molecule has 0 N–H and O–H groups in total. The maximum absolute atomic E-state index is 8.62. The van der Waals surface area contributed by atoms with Crippen LogP contribution in [0.15, 0.2) is 36.5 Å². The normalized spacial score (nSPS) is 17.4. The number of hydrogen-bond acceptors (Lipinski definition) is 1. The molecule has 0 aliphatic carbocycles. The van der Waals surface area contributed by atoms with Crippen LogP contribution in [0.5, 0.6) is 0 Å². The molecule has 2 heteroatoms. The summed E-state index contributed by atoms with van der Waals surface area (Å²) in [6.07, 6.45) is 0.258. The van der Waals surface area contributed by atoms with Crippen molar-refractivity contribution in [1.29, 1.82) is 0 Å². The zero-order valence-electron chi connectivity index (χ0n) is 19.4. The van der Waals surface area contributed by atoms with Crippen LogP contribution in [0, 0.1) is 12.8 Å². The summed E-state index contributed by atoms with van der Waals surface area (Å²) in [6, 6.07) is 6.27. The molecule has 2 aromatic rings. The molecule has 2 rings (SSSR count). The predicted molar refractivity (Wildman–Crippen MR) is 95.9 cm³/mol. The zero-order valence-corrected chi connectivity index (χ0v) is 15.5. The summed E-state index contributed by atoms with van der Waals surface area (Å²) in [6.45, 7) is 1.47. The number of pyridine rings is 1. The molecule has 0 fully saturated rings. The van der Waals surface area contributed by atoms with E-state index in [1.165, 1.54) is 12.1 Å². The second kappa shape index (κ2) is 6.35. The SMILES string of the molecule is [2H]c1cc(C([2H])([2H])[2H])ccc1-c1cc(C([2H])([2H])C(C)C)[c]([Ge]([CH3])([CH3])[CH3])cn1. The average Bonchev–Trinajstić information content (AvgIpc) is 2.52. The van der Waals surface area contributed by atoms with E-state index in [9.17, 15) is 0 Å². The molecule has 0 bridgehead atoms. The van der Waals surface area contributed by atoms with E-state index >= 15 is 0 Å². The second-order valence-corrected chi connectivity index (χ2v) is 17.2.